The van der Waals surface area contributed by atoms with Gasteiger partial charge in [-0.1, -0.05) is 0 Å². The first-order chi connectivity index (χ1) is 11.2. The summed E-state index contributed by atoms with van der Waals surface area (Å²) in [5.74, 6) is 1.61. The fourth-order valence-corrected chi connectivity index (χ4v) is 2.95. The molecule has 0 radical (unpaired) electrons. The van der Waals surface area contributed by atoms with Gasteiger partial charge in [0.25, 0.3) is 0 Å². The van der Waals surface area contributed by atoms with Crippen LogP contribution in [0.15, 0.2) is 23.5 Å². The minimum absolute atomic E-state index is 0. The highest BCUT2D eigenvalue weighted by Crippen LogP contribution is 2.15. The number of nitrogens with zero attached hydrogens (tertiary/aromatic N) is 3. The molecule has 0 spiro atoms. The van der Waals surface area contributed by atoms with Gasteiger partial charge in [0.15, 0.2) is 5.96 Å². The van der Waals surface area contributed by atoms with Crippen LogP contribution in [0.5, 0.6) is 0 Å². The van der Waals surface area contributed by atoms with E-state index >= 15 is 0 Å². The van der Waals surface area contributed by atoms with Crippen LogP contribution >= 0.6 is 24.0 Å². The minimum Gasteiger partial charge on any atom is -0.383 e. The summed E-state index contributed by atoms with van der Waals surface area (Å²) in [5, 5.41) is 6.84. The molecule has 2 heterocycles. The third kappa shape index (κ3) is 7.40. The van der Waals surface area contributed by atoms with E-state index in [0.717, 1.165) is 38.1 Å². The summed E-state index contributed by atoms with van der Waals surface area (Å²) in [6.07, 6.45) is 6.67. The van der Waals surface area contributed by atoms with Gasteiger partial charge in [-0.25, -0.2) is 0 Å². The Morgan fingerprint density at radius 2 is 2.08 bits per heavy atom. The van der Waals surface area contributed by atoms with Crippen molar-refractivity contribution >= 4 is 29.9 Å². The van der Waals surface area contributed by atoms with E-state index in [1.165, 1.54) is 31.5 Å². The summed E-state index contributed by atoms with van der Waals surface area (Å²) in [6.45, 7) is 6.02. The SMILES string of the molecule is CN=C(NCc1ccn(C)c1)NCC1CCN(CCOC)CC1.I. The van der Waals surface area contributed by atoms with Crippen molar-refractivity contribution in [3.05, 3.63) is 24.0 Å². The van der Waals surface area contributed by atoms with Crippen LogP contribution in [0.25, 0.3) is 0 Å². The van der Waals surface area contributed by atoms with Crippen molar-refractivity contribution in [1.29, 1.82) is 0 Å². The van der Waals surface area contributed by atoms with Gasteiger partial charge in [0, 0.05) is 53.2 Å². The Morgan fingerprint density at radius 3 is 2.67 bits per heavy atom. The molecular formula is C17H32IN5O. The predicted molar refractivity (Wildman–Crippen MR) is 110 cm³/mol. The number of halogens is 1. The summed E-state index contributed by atoms with van der Waals surface area (Å²) in [7, 11) is 5.63. The molecule has 24 heavy (non-hydrogen) atoms. The van der Waals surface area contributed by atoms with Gasteiger partial charge in [-0.15, -0.1) is 24.0 Å². The normalized spacial score (nSPS) is 16.7. The minimum atomic E-state index is 0. The maximum atomic E-state index is 5.15. The zero-order valence-electron chi connectivity index (χ0n) is 15.1. The second-order valence-corrected chi connectivity index (χ2v) is 6.27. The first-order valence-corrected chi connectivity index (χ1v) is 8.48. The molecular weight excluding hydrogens is 417 g/mol. The van der Waals surface area contributed by atoms with Crippen LogP contribution in [-0.4, -0.2) is 62.4 Å². The van der Waals surface area contributed by atoms with Crippen molar-refractivity contribution in [2.75, 3.05) is 46.9 Å². The molecule has 2 N–H and O–H groups in total. The predicted octanol–water partition coefficient (Wildman–Crippen LogP) is 1.67. The Balaban J connectivity index is 0.00000288. The zero-order chi connectivity index (χ0) is 16.5. The lowest BCUT2D eigenvalue weighted by atomic mass is 9.97. The maximum absolute atomic E-state index is 5.15. The van der Waals surface area contributed by atoms with Gasteiger partial charge < -0.3 is 24.8 Å². The van der Waals surface area contributed by atoms with Crippen LogP contribution < -0.4 is 10.6 Å². The molecule has 0 saturated carbocycles. The molecule has 2 rings (SSSR count). The Morgan fingerprint density at radius 1 is 1.33 bits per heavy atom. The zero-order valence-corrected chi connectivity index (χ0v) is 17.5. The molecule has 1 aliphatic rings. The highest BCUT2D eigenvalue weighted by Gasteiger charge is 2.18. The third-order valence-electron chi connectivity index (χ3n) is 4.45. The van der Waals surface area contributed by atoms with E-state index in [9.17, 15) is 0 Å². The Hall–Kier alpha value is -0.800. The van der Waals surface area contributed by atoms with Crippen molar-refractivity contribution in [1.82, 2.24) is 20.1 Å². The highest BCUT2D eigenvalue weighted by molar-refractivity contribution is 14.0. The maximum Gasteiger partial charge on any atom is 0.191 e. The van der Waals surface area contributed by atoms with Crippen LogP contribution in [0.3, 0.4) is 0 Å². The van der Waals surface area contributed by atoms with Crippen LogP contribution in [0, 0.1) is 5.92 Å². The quantitative estimate of drug-likeness (QED) is 0.378. The standard InChI is InChI=1S/C17H31N5O.HI/c1-18-17(20-13-16-4-7-21(2)14-16)19-12-15-5-8-22(9-6-15)10-11-23-3;/h4,7,14-15H,5-6,8-13H2,1-3H3,(H2,18,19,20);1H. The number of likely N-dealkylation sites (tertiary alicyclic amines) is 1. The van der Waals surface area contributed by atoms with Crippen molar-refractivity contribution in [3.63, 3.8) is 0 Å². The van der Waals surface area contributed by atoms with Gasteiger partial charge >= 0.3 is 0 Å². The Kier molecular flexibility index (Phi) is 10.4. The van der Waals surface area contributed by atoms with E-state index in [-0.39, 0.29) is 24.0 Å². The highest BCUT2D eigenvalue weighted by atomic mass is 127. The lowest BCUT2D eigenvalue weighted by molar-refractivity contribution is 0.121. The Labute approximate surface area is 163 Å². The van der Waals surface area contributed by atoms with Gasteiger partial charge in [-0.3, -0.25) is 4.99 Å². The van der Waals surface area contributed by atoms with Crippen LogP contribution in [0.4, 0.5) is 0 Å². The number of methoxy groups -OCH3 is 1. The number of nitrogens with one attached hydrogen (secondary N) is 2. The van der Waals surface area contributed by atoms with Crippen LogP contribution in [-0.2, 0) is 18.3 Å². The van der Waals surface area contributed by atoms with Crippen molar-refractivity contribution < 1.29 is 4.74 Å². The van der Waals surface area contributed by atoms with Crippen molar-refractivity contribution in [2.24, 2.45) is 18.0 Å². The molecule has 1 aliphatic heterocycles. The average Bonchev–Trinajstić information content (AvgIpc) is 2.99. The van der Waals surface area contributed by atoms with Crippen molar-refractivity contribution in [3.8, 4) is 0 Å². The largest absolute Gasteiger partial charge is 0.383 e. The van der Waals surface area contributed by atoms with Crippen LogP contribution in [0.1, 0.15) is 18.4 Å². The molecule has 0 amide bonds. The van der Waals surface area contributed by atoms with Gasteiger partial charge in [0.2, 0.25) is 0 Å². The number of piperidine rings is 1. The Bertz CT molecular complexity index is 483. The van der Waals surface area contributed by atoms with E-state index < -0.39 is 0 Å². The first kappa shape index (κ1) is 21.2. The van der Waals surface area contributed by atoms with E-state index in [4.69, 9.17) is 4.74 Å². The summed E-state index contributed by atoms with van der Waals surface area (Å²) < 4.78 is 7.21. The smallest absolute Gasteiger partial charge is 0.191 e. The lowest BCUT2D eigenvalue weighted by Gasteiger charge is -2.32. The second kappa shape index (κ2) is 11.7. The average molecular weight is 449 g/mol. The topological polar surface area (TPSA) is 53.8 Å². The number of guanidine groups is 1. The molecule has 1 saturated heterocycles. The van der Waals surface area contributed by atoms with Gasteiger partial charge in [-0.2, -0.15) is 0 Å². The molecule has 0 unspecified atom stereocenters. The summed E-state index contributed by atoms with van der Waals surface area (Å²) >= 11 is 0. The first-order valence-electron chi connectivity index (χ1n) is 8.48. The molecule has 7 heteroatoms. The molecule has 1 aromatic rings. The summed E-state index contributed by atoms with van der Waals surface area (Å²) in [6, 6.07) is 2.12. The van der Waals surface area contributed by atoms with E-state index in [1.54, 1.807) is 7.11 Å². The van der Waals surface area contributed by atoms with Gasteiger partial charge in [0.1, 0.15) is 0 Å². The monoisotopic (exact) mass is 449 g/mol. The van der Waals surface area contributed by atoms with E-state index in [1.807, 2.05) is 14.1 Å². The van der Waals surface area contributed by atoms with Gasteiger partial charge in [0.05, 0.1) is 6.61 Å². The van der Waals surface area contributed by atoms with E-state index in [2.05, 4.69) is 43.6 Å². The summed E-state index contributed by atoms with van der Waals surface area (Å²) in [5.41, 5.74) is 1.27. The fourth-order valence-electron chi connectivity index (χ4n) is 2.95. The number of ether oxygens (including phenoxy) is 1. The number of aromatic nitrogens is 1. The molecule has 0 atom stereocenters. The van der Waals surface area contributed by atoms with Crippen molar-refractivity contribution in [2.45, 2.75) is 19.4 Å². The number of rotatable bonds is 7. The molecule has 6 nitrogen and oxygen atoms in total. The number of hydrogen-bond acceptors (Lipinski definition) is 3. The molecule has 1 fully saturated rings. The second-order valence-electron chi connectivity index (χ2n) is 6.27. The fraction of sp³-hybridized carbons (Fsp3) is 0.706. The summed E-state index contributed by atoms with van der Waals surface area (Å²) in [4.78, 5) is 6.80. The third-order valence-corrected chi connectivity index (χ3v) is 4.45. The number of aliphatic imine (C=N–C) groups is 1. The number of aryl methyl sites for hydroxylation is 1. The molecule has 1 aromatic heterocycles. The van der Waals surface area contributed by atoms with E-state index in [0.29, 0.717) is 0 Å². The molecule has 0 aromatic carbocycles. The molecule has 0 aliphatic carbocycles. The molecule has 0 bridgehead atoms. The molecule has 138 valence electrons. The van der Waals surface area contributed by atoms with Crippen LogP contribution in [0.2, 0.25) is 0 Å². The number of hydrogen-bond donors (Lipinski definition) is 2. The van der Waals surface area contributed by atoms with Gasteiger partial charge in [-0.05, 0) is 43.5 Å². The lowest BCUT2D eigenvalue weighted by Crippen LogP contribution is -2.43.